The van der Waals surface area contributed by atoms with Gasteiger partial charge in [0.05, 0.1) is 25.0 Å². The van der Waals surface area contributed by atoms with Gasteiger partial charge >= 0.3 is 0 Å². The Bertz CT molecular complexity index is 927. The van der Waals surface area contributed by atoms with Crippen LogP contribution in [0.15, 0.2) is 64.5 Å². The van der Waals surface area contributed by atoms with Gasteiger partial charge < -0.3 is 24.1 Å². The molecule has 7 nitrogen and oxygen atoms in total. The summed E-state index contributed by atoms with van der Waals surface area (Å²) >= 11 is 0. The zero-order valence-electron chi connectivity index (χ0n) is 16.7. The number of amides is 1. The minimum atomic E-state index is -0.679. The third kappa shape index (κ3) is 4.41. The fourth-order valence-electron chi connectivity index (χ4n) is 3.21. The van der Waals surface area contributed by atoms with Crippen molar-refractivity contribution in [3.8, 4) is 5.75 Å². The maximum Gasteiger partial charge on any atom is 0.290 e. The van der Waals surface area contributed by atoms with Crippen molar-refractivity contribution in [2.75, 3.05) is 34.3 Å². The van der Waals surface area contributed by atoms with E-state index < -0.39 is 23.5 Å². The molecule has 2 aromatic rings. The van der Waals surface area contributed by atoms with Gasteiger partial charge in [-0.1, -0.05) is 12.1 Å². The molecular formula is C22H24N2O5. The molecule has 1 amide bonds. The summed E-state index contributed by atoms with van der Waals surface area (Å²) in [6.07, 6.45) is 4.33. The standard InChI is InChI=1S/C22H24N2O5/c1-23(2)12-13-24-20(15-6-8-16(28-3)9-7-15)19(21(26)22(24)27)18(25)11-10-17-5-4-14-29-17/h4-11,14,20,26H,12-13H2,1-3H3. The first-order chi connectivity index (χ1) is 13.9. The molecule has 3 rings (SSSR count). The lowest BCUT2D eigenvalue weighted by Gasteiger charge is -2.27. The Morgan fingerprint density at radius 3 is 2.59 bits per heavy atom. The number of aliphatic hydroxyl groups is 1. The Balaban J connectivity index is 1.97. The number of carbonyl (C=O) groups is 2. The second kappa shape index (κ2) is 8.79. The van der Waals surface area contributed by atoms with E-state index >= 15 is 0 Å². The lowest BCUT2D eigenvalue weighted by atomic mass is 9.95. The summed E-state index contributed by atoms with van der Waals surface area (Å²) in [5.41, 5.74) is 0.776. The van der Waals surface area contributed by atoms with Crippen molar-refractivity contribution in [3.05, 3.63) is 71.4 Å². The van der Waals surface area contributed by atoms with Crippen molar-refractivity contribution in [1.82, 2.24) is 9.80 Å². The molecule has 152 valence electrons. The first-order valence-corrected chi connectivity index (χ1v) is 9.21. The van der Waals surface area contributed by atoms with E-state index in [1.807, 2.05) is 19.0 Å². The van der Waals surface area contributed by atoms with Crippen LogP contribution in [0, 0.1) is 0 Å². The molecule has 1 aromatic carbocycles. The van der Waals surface area contributed by atoms with E-state index in [1.165, 1.54) is 23.3 Å². The average molecular weight is 396 g/mol. The Morgan fingerprint density at radius 1 is 1.28 bits per heavy atom. The van der Waals surface area contributed by atoms with Gasteiger partial charge in [-0.05, 0) is 56.1 Å². The van der Waals surface area contributed by atoms with Crippen molar-refractivity contribution in [2.45, 2.75) is 6.04 Å². The number of likely N-dealkylation sites (N-methyl/N-ethyl adjacent to an activating group) is 1. The number of carbonyl (C=O) groups excluding carboxylic acids is 2. The van der Waals surface area contributed by atoms with Crippen LogP contribution in [0.4, 0.5) is 0 Å². The summed E-state index contributed by atoms with van der Waals surface area (Å²) in [5, 5.41) is 10.5. The lowest BCUT2D eigenvalue weighted by molar-refractivity contribution is -0.129. The summed E-state index contributed by atoms with van der Waals surface area (Å²) in [6, 6.07) is 9.86. The Morgan fingerprint density at radius 2 is 2.00 bits per heavy atom. The molecule has 1 aliphatic rings. The molecular weight excluding hydrogens is 372 g/mol. The third-order valence-electron chi connectivity index (χ3n) is 4.73. The zero-order chi connectivity index (χ0) is 21.0. The summed E-state index contributed by atoms with van der Waals surface area (Å²) < 4.78 is 10.4. The number of nitrogens with zero attached hydrogens (tertiary/aromatic N) is 2. The highest BCUT2D eigenvalue weighted by Crippen LogP contribution is 2.38. The number of ketones is 1. The van der Waals surface area contributed by atoms with E-state index in [-0.39, 0.29) is 5.57 Å². The quantitative estimate of drug-likeness (QED) is 0.691. The fraction of sp³-hybridized carbons (Fsp3) is 0.273. The largest absolute Gasteiger partial charge is 0.503 e. The molecule has 0 saturated heterocycles. The second-order valence-corrected chi connectivity index (χ2v) is 6.95. The highest BCUT2D eigenvalue weighted by Gasteiger charge is 2.42. The van der Waals surface area contributed by atoms with Gasteiger partial charge in [0, 0.05) is 13.1 Å². The second-order valence-electron chi connectivity index (χ2n) is 6.95. The Kier molecular flexibility index (Phi) is 6.19. The SMILES string of the molecule is COc1ccc(C2C(C(=O)C=Cc3ccco3)=C(O)C(=O)N2CCN(C)C)cc1. The van der Waals surface area contributed by atoms with Crippen LogP contribution in [0.2, 0.25) is 0 Å². The van der Waals surface area contributed by atoms with Gasteiger partial charge in [0.25, 0.3) is 5.91 Å². The number of methoxy groups -OCH3 is 1. The molecule has 0 spiro atoms. The number of furan rings is 1. The maximum atomic E-state index is 12.9. The van der Waals surface area contributed by atoms with E-state index in [0.717, 1.165) is 5.56 Å². The topological polar surface area (TPSA) is 83.2 Å². The number of aliphatic hydroxyl groups excluding tert-OH is 1. The molecule has 0 saturated carbocycles. The number of rotatable bonds is 8. The number of ether oxygens (including phenoxy) is 1. The Hall–Kier alpha value is -3.32. The van der Waals surface area contributed by atoms with Gasteiger partial charge in [-0.15, -0.1) is 0 Å². The number of allylic oxidation sites excluding steroid dienone is 1. The summed E-state index contributed by atoms with van der Waals surface area (Å²) in [5.74, 6) is -0.341. The lowest BCUT2D eigenvalue weighted by Crippen LogP contribution is -2.36. The van der Waals surface area contributed by atoms with E-state index in [4.69, 9.17) is 9.15 Å². The maximum absolute atomic E-state index is 12.9. The van der Waals surface area contributed by atoms with Crippen LogP contribution in [0.5, 0.6) is 5.75 Å². The minimum Gasteiger partial charge on any atom is -0.503 e. The van der Waals surface area contributed by atoms with Gasteiger partial charge in [0.2, 0.25) is 0 Å². The first kappa shape index (κ1) is 20.4. The molecule has 1 aromatic heterocycles. The number of hydrogen-bond acceptors (Lipinski definition) is 6. The molecule has 1 aliphatic heterocycles. The minimum absolute atomic E-state index is 0.0572. The highest BCUT2D eigenvalue weighted by atomic mass is 16.5. The number of hydrogen-bond donors (Lipinski definition) is 1. The molecule has 2 heterocycles. The molecule has 29 heavy (non-hydrogen) atoms. The summed E-state index contributed by atoms with van der Waals surface area (Å²) in [7, 11) is 5.36. The molecule has 1 N–H and O–H groups in total. The van der Waals surface area contributed by atoms with Crippen LogP contribution in [-0.4, -0.2) is 60.9 Å². The molecule has 0 aliphatic carbocycles. The van der Waals surface area contributed by atoms with Crippen LogP contribution in [0.1, 0.15) is 17.4 Å². The smallest absolute Gasteiger partial charge is 0.290 e. The normalized spacial score (nSPS) is 17.0. The van der Waals surface area contributed by atoms with E-state index in [1.54, 1.807) is 43.5 Å². The average Bonchev–Trinajstić information content (AvgIpc) is 3.32. The van der Waals surface area contributed by atoms with Gasteiger partial charge in [-0.3, -0.25) is 9.59 Å². The van der Waals surface area contributed by atoms with Crippen LogP contribution in [-0.2, 0) is 9.59 Å². The zero-order valence-corrected chi connectivity index (χ0v) is 16.7. The van der Waals surface area contributed by atoms with Gasteiger partial charge in [0.1, 0.15) is 11.5 Å². The van der Waals surface area contributed by atoms with E-state index in [0.29, 0.717) is 24.6 Å². The fourth-order valence-corrected chi connectivity index (χ4v) is 3.21. The van der Waals surface area contributed by atoms with Crippen LogP contribution >= 0.6 is 0 Å². The van der Waals surface area contributed by atoms with Crippen LogP contribution in [0.3, 0.4) is 0 Å². The molecule has 7 heteroatoms. The summed E-state index contributed by atoms with van der Waals surface area (Å²) in [4.78, 5) is 29.1. The molecule has 1 atom stereocenters. The van der Waals surface area contributed by atoms with Crippen molar-refractivity contribution in [1.29, 1.82) is 0 Å². The monoisotopic (exact) mass is 396 g/mol. The molecule has 0 radical (unpaired) electrons. The molecule has 1 unspecified atom stereocenters. The first-order valence-electron chi connectivity index (χ1n) is 9.21. The molecule has 0 fully saturated rings. The van der Waals surface area contributed by atoms with Crippen molar-refractivity contribution >= 4 is 17.8 Å². The van der Waals surface area contributed by atoms with Crippen molar-refractivity contribution in [3.63, 3.8) is 0 Å². The van der Waals surface area contributed by atoms with Gasteiger partial charge in [-0.25, -0.2) is 0 Å². The van der Waals surface area contributed by atoms with Crippen LogP contribution < -0.4 is 4.74 Å². The predicted octanol–water partition coefficient (Wildman–Crippen LogP) is 2.83. The predicted molar refractivity (Wildman–Crippen MR) is 108 cm³/mol. The van der Waals surface area contributed by atoms with Crippen molar-refractivity contribution in [2.24, 2.45) is 0 Å². The summed E-state index contributed by atoms with van der Waals surface area (Å²) in [6.45, 7) is 0.959. The van der Waals surface area contributed by atoms with Crippen molar-refractivity contribution < 1.29 is 23.8 Å². The molecule has 0 bridgehead atoms. The van der Waals surface area contributed by atoms with Gasteiger partial charge in [-0.2, -0.15) is 0 Å². The van der Waals surface area contributed by atoms with Crippen LogP contribution in [0.25, 0.3) is 6.08 Å². The number of benzene rings is 1. The van der Waals surface area contributed by atoms with E-state index in [9.17, 15) is 14.7 Å². The Labute approximate surface area is 169 Å². The third-order valence-corrected chi connectivity index (χ3v) is 4.73. The highest BCUT2D eigenvalue weighted by molar-refractivity contribution is 6.14. The van der Waals surface area contributed by atoms with E-state index in [2.05, 4.69) is 0 Å². The van der Waals surface area contributed by atoms with Gasteiger partial charge in [0.15, 0.2) is 11.5 Å².